The van der Waals surface area contributed by atoms with E-state index in [-0.39, 0.29) is 18.5 Å². The van der Waals surface area contributed by atoms with Crippen molar-refractivity contribution in [2.24, 2.45) is 0 Å². The Morgan fingerprint density at radius 1 is 1.41 bits per heavy atom. The van der Waals surface area contributed by atoms with Gasteiger partial charge >= 0.3 is 6.09 Å². The Morgan fingerprint density at radius 2 is 2.12 bits per heavy atom. The van der Waals surface area contributed by atoms with Crippen LogP contribution in [0, 0.1) is 11.6 Å². The summed E-state index contributed by atoms with van der Waals surface area (Å²) in [6.07, 6.45) is -2.03. The molecular weight excluding hydrogens is 232 g/mol. The number of likely N-dealkylation sites (tertiary alicyclic amines) is 1. The maximum atomic E-state index is 13.5. The average molecular weight is 243 g/mol. The number of halogens is 2. The number of carbonyl (C=O) groups is 1. The zero-order valence-electron chi connectivity index (χ0n) is 8.81. The summed E-state index contributed by atoms with van der Waals surface area (Å²) >= 11 is 0. The summed E-state index contributed by atoms with van der Waals surface area (Å²) in [5.41, 5.74) is -0.0380. The highest BCUT2D eigenvalue weighted by Gasteiger charge is 2.36. The van der Waals surface area contributed by atoms with Crippen molar-refractivity contribution >= 4 is 6.09 Å². The van der Waals surface area contributed by atoms with Crippen LogP contribution in [-0.4, -0.2) is 33.9 Å². The first-order valence-electron chi connectivity index (χ1n) is 5.11. The molecule has 2 N–H and O–H groups in total. The van der Waals surface area contributed by atoms with Gasteiger partial charge in [0.25, 0.3) is 0 Å². The van der Waals surface area contributed by atoms with Gasteiger partial charge in [-0.3, -0.25) is 4.90 Å². The molecule has 1 unspecified atom stereocenters. The van der Waals surface area contributed by atoms with Gasteiger partial charge in [0.1, 0.15) is 11.6 Å². The number of amides is 1. The van der Waals surface area contributed by atoms with E-state index >= 15 is 0 Å². The van der Waals surface area contributed by atoms with Crippen LogP contribution in [-0.2, 0) is 0 Å². The molecule has 1 heterocycles. The SMILES string of the molecule is O=C(O)N1C[C@H](O)CC1c1cc(F)ccc1F. The van der Waals surface area contributed by atoms with Gasteiger partial charge in [-0.15, -0.1) is 0 Å². The van der Waals surface area contributed by atoms with E-state index in [1.807, 2.05) is 0 Å². The molecular formula is C11H11F2NO3. The predicted octanol–water partition coefficient (Wildman–Crippen LogP) is 1.75. The van der Waals surface area contributed by atoms with E-state index < -0.39 is 29.9 Å². The smallest absolute Gasteiger partial charge is 0.407 e. The van der Waals surface area contributed by atoms with Gasteiger partial charge < -0.3 is 10.2 Å². The summed E-state index contributed by atoms with van der Waals surface area (Å²) in [4.78, 5) is 11.8. The maximum absolute atomic E-state index is 13.5. The van der Waals surface area contributed by atoms with Gasteiger partial charge in [0.15, 0.2) is 0 Å². The lowest BCUT2D eigenvalue weighted by atomic mass is 10.0. The number of hydrogen-bond acceptors (Lipinski definition) is 2. The van der Waals surface area contributed by atoms with Gasteiger partial charge in [-0.2, -0.15) is 0 Å². The van der Waals surface area contributed by atoms with E-state index in [0.717, 1.165) is 23.1 Å². The van der Waals surface area contributed by atoms with E-state index in [1.165, 1.54) is 0 Å². The van der Waals surface area contributed by atoms with Crippen LogP contribution >= 0.6 is 0 Å². The number of benzene rings is 1. The fraction of sp³-hybridized carbons (Fsp3) is 0.364. The highest BCUT2D eigenvalue weighted by atomic mass is 19.1. The molecule has 17 heavy (non-hydrogen) atoms. The second-order valence-electron chi connectivity index (χ2n) is 4.01. The molecule has 0 spiro atoms. The molecule has 0 bridgehead atoms. The van der Waals surface area contributed by atoms with Gasteiger partial charge in [0.2, 0.25) is 0 Å². The van der Waals surface area contributed by atoms with Crippen LogP contribution in [0.25, 0.3) is 0 Å². The van der Waals surface area contributed by atoms with Gasteiger partial charge in [-0.25, -0.2) is 13.6 Å². The van der Waals surface area contributed by atoms with Crippen molar-refractivity contribution < 1.29 is 23.8 Å². The summed E-state index contributed by atoms with van der Waals surface area (Å²) in [6.45, 7) is -0.0873. The largest absolute Gasteiger partial charge is 0.465 e. The zero-order valence-corrected chi connectivity index (χ0v) is 8.81. The standard InChI is InChI=1S/C11H11F2NO3/c12-6-1-2-9(13)8(3-6)10-4-7(15)5-14(10)11(16)17/h1-3,7,10,15H,4-5H2,(H,16,17)/t7-,10?/m1/s1. The lowest BCUT2D eigenvalue weighted by Crippen LogP contribution is -2.30. The van der Waals surface area contributed by atoms with Gasteiger partial charge in [-0.1, -0.05) is 0 Å². The number of hydrogen-bond donors (Lipinski definition) is 2. The maximum Gasteiger partial charge on any atom is 0.407 e. The molecule has 1 fully saturated rings. The molecule has 2 atom stereocenters. The minimum Gasteiger partial charge on any atom is -0.465 e. The fourth-order valence-corrected chi connectivity index (χ4v) is 2.09. The molecule has 2 rings (SSSR count). The molecule has 0 radical (unpaired) electrons. The highest BCUT2D eigenvalue weighted by Crippen LogP contribution is 2.33. The number of rotatable bonds is 1. The van der Waals surface area contributed by atoms with E-state index in [9.17, 15) is 18.7 Å². The quantitative estimate of drug-likeness (QED) is 0.790. The monoisotopic (exact) mass is 243 g/mol. The Bertz CT molecular complexity index is 452. The minimum atomic E-state index is -1.25. The molecule has 1 aromatic rings. The molecule has 1 saturated heterocycles. The summed E-state index contributed by atoms with van der Waals surface area (Å²) in [7, 11) is 0. The van der Waals surface area contributed by atoms with Crippen molar-refractivity contribution in [1.82, 2.24) is 4.90 Å². The van der Waals surface area contributed by atoms with Crippen LogP contribution in [0.4, 0.5) is 13.6 Å². The van der Waals surface area contributed by atoms with Crippen molar-refractivity contribution in [3.8, 4) is 0 Å². The molecule has 92 valence electrons. The summed E-state index contributed by atoms with van der Waals surface area (Å²) in [5.74, 6) is -1.30. The second-order valence-corrected chi connectivity index (χ2v) is 4.01. The number of β-amino-alcohol motifs (C(OH)–C–C–N with tert-alkyl or cyclic N) is 1. The first-order chi connectivity index (χ1) is 7.99. The third kappa shape index (κ3) is 2.21. The molecule has 0 aromatic heterocycles. The van der Waals surface area contributed by atoms with E-state index in [1.54, 1.807) is 0 Å². The molecule has 1 aliphatic rings. The van der Waals surface area contributed by atoms with E-state index in [2.05, 4.69) is 0 Å². The van der Waals surface area contributed by atoms with Crippen molar-refractivity contribution in [2.45, 2.75) is 18.6 Å². The third-order valence-electron chi connectivity index (χ3n) is 2.84. The zero-order chi connectivity index (χ0) is 12.6. The molecule has 0 saturated carbocycles. The summed E-state index contributed by atoms with van der Waals surface area (Å²) in [5, 5.41) is 18.3. The second kappa shape index (κ2) is 4.29. The molecule has 1 aliphatic heterocycles. The Balaban J connectivity index is 2.37. The van der Waals surface area contributed by atoms with Crippen LogP contribution in [0.5, 0.6) is 0 Å². The van der Waals surface area contributed by atoms with E-state index in [4.69, 9.17) is 5.11 Å². The van der Waals surface area contributed by atoms with Crippen LogP contribution < -0.4 is 0 Å². The predicted molar refractivity (Wildman–Crippen MR) is 54.5 cm³/mol. The summed E-state index contributed by atoms with van der Waals surface area (Å²) in [6, 6.07) is 2.05. The lowest BCUT2D eigenvalue weighted by molar-refractivity contribution is 0.131. The van der Waals surface area contributed by atoms with E-state index in [0.29, 0.717) is 0 Å². The molecule has 6 heteroatoms. The van der Waals surface area contributed by atoms with Crippen molar-refractivity contribution in [3.63, 3.8) is 0 Å². The number of aliphatic hydroxyl groups excluding tert-OH is 1. The average Bonchev–Trinajstić information content (AvgIpc) is 2.64. The Kier molecular flexibility index (Phi) is 2.97. The third-order valence-corrected chi connectivity index (χ3v) is 2.84. The number of aliphatic hydroxyl groups is 1. The van der Waals surface area contributed by atoms with Gasteiger partial charge in [-0.05, 0) is 24.6 Å². The van der Waals surface area contributed by atoms with Crippen LogP contribution in [0.15, 0.2) is 18.2 Å². The fourth-order valence-electron chi connectivity index (χ4n) is 2.09. The minimum absolute atomic E-state index is 0.0380. The number of nitrogens with zero attached hydrogens (tertiary/aromatic N) is 1. The Labute approximate surface area is 96.1 Å². The van der Waals surface area contributed by atoms with Gasteiger partial charge in [0, 0.05) is 5.56 Å². The number of carboxylic acid groups (broad SMARTS) is 1. The lowest BCUT2D eigenvalue weighted by Gasteiger charge is -2.21. The van der Waals surface area contributed by atoms with Crippen LogP contribution in [0.3, 0.4) is 0 Å². The normalized spacial score (nSPS) is 24.1. The first-order valence-corrected chi connectivity index (χ1v) is 5.11. The van der Waals surface area contributed by atoms with Crippen molar-refractivity contribution in [2.75, 3.05) is 6.54 Å². The Morgan fingerprint density at radius 3 is 2.76 bits per heavy atom. The first kappa shape index (κ1) is 11.8. The molecule has 1 amide bonds. The molecule has 4 nitrogen and oxygen atoms in total. The highest BCUT2D eigenvalue weighted by molar-refractivity contribution is 5.66. The summed E-state index contributed by atoms with van der Waals surface area (Å²) < 4.78 is 26.5. The van der Waals surface area contributed by atoms with Gasteiger partial charge in [0.05, 0.1) is 18.7 Å². The molecule has 1 aromatic carbocycles. The van der Waals surface area contributed by atoms with Crippen LogP contribution in [0.1, 0.15) is 18.0 Å². The van der Waals surface area contributed by atoms with Crippen molar-refractivity contribution in [3.05, 3.63) is 35.4 Å². The van der Waals surface area contributed by atoms with Crippen LogP contribution in [0.2, 0.25) is 0 Å². The molecule has 0 aliphatic carbocycles. The van der Waals surface area contributed by atoms with Crippen molar-refractivity contribution in [1.29, 1.82) is 0 Å². The topological polar surface area (TPSA) is 60.8 Å². The Hall–Kier alpha value is -1.69.